The Morgan fingerprint density at radius 3 is 2.79 bits per heavy atom. The molecule has 0 bridgehead atoms. The molecule has 1 aliphatic carbocycles. The van der Waals surface area contributed by atoms with E-state index in [1.54, 1.807) is 0 Å². The highest BCUT2D eigenvalue weighted by Crippen LogP contribution is 2.39. The van der Waals surface area contributed by atoms with Gasteiger partial charge in [-0.3, -0.25) is 9.20 Å². The Hall–Kier alpha value is -1.91. The Bertz CT molecular complexity index is 600. The number of carboxylic acid groups (broad SMARTS) is 1. The number of aliphatic carboxylic acids is 1. The fourth-order valence-corrected chi connectivity index (χ4v) is 3.01. The summed E-state index contributed by atoms with van der Waals surface area (Å²) in [4.78, 5) is 11.7. The van der Waals surface area contributed by atoms with Crippen LogP contribution in [0.1, 0.15) is 37.9 Å². The number of hydrogen-bond donors (Lipinski definition) is 1. The third kappa shape index (κ3) is 2.09. The molecule has 5 heteroatoms. The van der Waals surface area contributed by atoms with Crippen LogP contribution in [0.15, 0.2) is 24.4 Å². The maximum atomic E-state index is 11.7. The highest BCUT2D eigenvalue weighted by molar-refractivity contribution is 5.75. The van der Waals surface area contributed by atoms with Gasteiger partial charge in [-0.1, -0.05) is 25.3 Å². The molecule has 5 nitrogen and oxygen atoms in total. The van der Waals surface area contributed by atoms with Crippen LogP contribution in [0.4, 0.5) is 0 Å². The van der Waals surface area contributed by atoms with Crippen molar-refractivity contribution in [2.24, 2.45) is 5.41 Å². The van der Waals surface area contributed by atoms with Gasteiger partial charge in [-0.25, -0.2) is 0 Å². The fourth-order valence-electron chi connectivity index (χ4n) is 3.01. The van der Waals surface area contributed by atoms with Gasteiger partial charge in [0.15, 0.2) is 5.65 Å². The minimum absolute atomic E-state index is 0.466. The summed E-state index contributed by atoms with van der Waals surface area (Å²) in [6.07, 6.45) is 6.95. The molecule has 0 aromatic carbocycles. The minimum Gasteiger partial charge on any atom is -0.481 e. The minimum atomic E-state index is -0.695. The summed E-state index contributed by atoms with van der Waals surface area (Å²) in [6, 6.07) is 5.69. The molecule has 1 saturated carbocycles. The van der Waals surface area contributed by atoms with Crippen LogP contribution in [0.2, 0.25) is 0 Å². The quantitative estimate of drug-likeness (QED) is 0.918. The topological polar surface area (TPSA) is 67.5 Å². The summed E-state index contributed by atoms with van der Waals surface area (Å²) in [6.45, 7) is 0. The standard InChI is InChI=1S/C14H17N3O2/c18-13(19)14(7-3-1-4-8-14)10-12-16-15-11-6-2-5-9-17(11)12/h2,5-6,9H,1,3-4,7-8,10H2,(H,18,19). The van der Waals surface area contributed by atoms with Crippen molar-refractivity contribution in [1.82, 2.24) is 14.6 Å². The molecule has 1 N–H and O–H groups in total. The van der Waals surface area contributed by atoms with Crippen LogP contribution in [0.5, 0.6) is 0 Å². The Kier molecular flexibility index (Phi) is 2.97. The summed E-state index contributed by atoms with van der Waals surface area (Å²) in [5.74, 6) is 0.0554. The maximum absolute atomic E-state index is 11.7. The summed E-state index contributed by atoms with van der Waals surface area (Å²) in [5.41, 5.74) is 0.116. The first-order chi connectivity index (χ1) is 9.21. The first kappa shape index (κ1) is 12.1. The SMILES string of the molecule is O=C(O)C1(Cc2nnc3ccccn23)CCCCC1. The summed E-state index contributed by atoms with van der Waals surface area (Å²) in [7, 11) is 0. The molecule has 19 heavy (non-hydrogen) atoms. The first-order valence-electron chi connectivity index (χ1n) is 6.73. The zero-order valence-electron chi connectivity index (χ0n) is 10.7. The van der Waals surface area contributed by atoms with E-state index >= 15 is 0 Å². The Labute approximate surface area is 111 Å². The van der Waals surface area contributed by atoms with Crippen LogP contribution in [0, 0.1) is 5.41 Å². The lowest BCUT2D eigenvalue weighted by molar-refractivity contribution is -0.151. The van der Waals surface area contributed by atoms with Gasteiger partial charge in [-0.05, 0) is 25.0 Å². The van der Waals surface area contributed by atoms with Crippen LogP contribution in [-0.2, 0) is 11.2 Å². The Morgan fingerprint density at radius 2 is 2.05 bits per heavy atom. The van der Waals surface area contributed by atoms with Crippen molar-refractivity contribution >= 4 is 11.6 Å². The van der Waals surface area contributed by atoms with Crippen molar-refractivity contribution in [3.05, 3.63) is 30.2 Å². The van der Waals surface area contributed by atoms with Crippen LogP contribution in [0.25, 0.3) is 5.65 Å². The third-order valence-electron chi connectivity index (χ3n) is 4.15. The van der Waals surface area contributed by atoms with E-state index in [9.17, 15) is 9.90 Å². The van der Waals surface area contributed by atoms with E-state index < -0.39 is 11.4 Å². The molecular formula is C14H17N3O2. The molecule has 0 atom stereocenters. The molecule has 0 saturated heterocycles. The molecule has 2 heterocycles. The molecule has 0 amide bonds. The van der Waals surface area contributed by atoms with E-state index in [0.29, 0.717) is 6.42 Å². The van der Waals surface area contributed by atoms with Crippen molar-refractivity contribution in [1.29, 1.82) is 0 Å². The predicted octanol–water partition coefficient (Wildman–Crippen LogP) is 2.31. The molecule has 100 valence electrons. The van der Waals surface area contributed by atoms with E-state index in [1.165, 1.54) is 0 Å². The van der Waals surface area contributed by atoms with Gasteiger partial charge in [0.25, 0.3) is 0 Å². The molecule has 2 aromatic heterocycles. The van der Waals surface area contributed by atoms with E-state index in [-0.39, 0.29) is 0 Å². The summed E-state index contributed by atoms with van der Waals surface area (Å²) in [5, 5.41) is 17.9. The number of pyridine rings is 1. The second kappa shape index (κ2) is 4.64. The van der Waals surface area contributed by atoms with Crippen molar-refractivity contribution in [3.8, 4) is 0 Å². The smallest absolute Gasteiger partial charge is 0.310 e. The average Bonchev–Trinajstić information content (AvgIpc) is 2.83. The molecular weight excluding hydrogens is 242 g/mol. The van der Waals surface area contributed by atoms with Gasteiger partial charge >= 0.3 is 5.97 Å². The molecule has 1 aliphatic rings. The summed E-state index contributed by atoms with van der Waals surface area (Å²) >= 11 is 0. The van der Waals surface area contributed by atoms with Gasteiger partial charge in [0.1, 0.15) is 5.82 Å². The van der Waals surface area contributed by atoms with Crippen LogP contribution in [-0.4, -0.2) is 25.7 Å². The van der Waals surface area contributed by atoms with Gasteiger partial charge < -0.3 is 5.11 Å². The number of nitrogens with zero attached hydrogens (tertiary/aromatic N) is 3. The second-order valence-corrected chi connectivity index (χ2v) is 5.37. The van der Waals surface area contributed by atoms with E-state index in [4.69, 9.17) is 0 Å². The maximum Gasteiger partial charge on any atom is 0.310 e. The number of carbonyl (C=O) groups is 1. The Morgan fingerprint density at radius 1 is 1.26 bits per heavy atom. The largest absolute Gasteiger partial charge is 0.481 e. The Balaban J connectivity index is 1.96. The van der Waals surface area contributed by atoms with Crippen LogP contribution >= 0.6 is 0 Å². The van der Waals surface area contributed by atoms with E-state index in [1.807, 2.05) is 28.8 Å². The molecule has 0 spiro atoms. The van der Waals surface area contributed by atoms with Gasteiger partial charge in [0, 0.05) is 12.6 Å². The van der Waals surface area contributed by atoms with E-state index in [2.05, 4.69) is 10.2 Å². The number of carboxylic acids is 1. The number of rotatable bonds is 3. The third-order valence-corrected chi connectivity index (χ3v) is 4.15. The highest BCUT2D eigenvalue weighted by Gasteiger charge is 2.40. The zero-order valence-corrected chi connectivity index (χ0v) is 10.7. The van der Waals surface area contributed by atoms with Gasteiger partial charge in [0.2, 0.25) is 0 Å². The van der Waals surface area contributed by atoms with Crippen molar-refractivity contribution in [2.45, 2.75) is 38.5 Å². The molecule has 2 aromatic rings. The predicted molar refractivity (Wildman–Crippen MR) is 69.8 cm³/mol. The lowest BCUT2D eigenvalue weighted by Gasteiger charge is -2.32. The highest BCUT2D eigenvalue weighted by atomic mass is 16.4. The molecule has 0 aliphatic heterocycles. The summed E-state index contributed by atoms with van der Waals surface area (Å²) < 4.78 is 1.89. The van der Waals surface area contributed by atoms with Crippen LogP contribution < -0.4 is 0 Å². The fraction of sp³-hybridized carbons (Fsp3) is 0.500. The van der Waals surface area contributed by atoms with Gasteiger partial charge in [-0.15, -0.1) is 10.2 Å². The molecule has 0 radical (unpaired) electrons. The lowest BCUT2D eigenvalue weighted by atomic mass is 9.71. The van der Waals surface area contributed by atoms with E-state index in [0.717, 1.165) is 43.6 Å². The molecule has 1 fully saturated rings. The number of fused-ring (bicyclic) bond motifs is 1. The second-order valence-electron chi connectivity index (χ2n) is 5.37. The van der Waals surface area contributed by atoms with Crippen molar-refractivity contribution in [2.75, 3.05) is 0 Å². The molecule has 0 unspecified atom stereocenters. The van der Waals surface area contributed by atoms with Crippen LogP contribution in [0.3, 0.4) is 0 Å². The van der Waals surface area contributed by atoms with Gasteiger partial charge in [0.05, 0.1) is 5.41 Å². The number of aromatic nitrogens is 3. The number of hydrogen-bond acceptors (Lipinski definition) is 3. The molecule has 3 rings (SSSR count). The van der Waals surface area contributed by atoms with Gasteiger partial charge in [-0.2, -0.15) is 0 Å². The van der Waals surface area contributed by atoms with Crippen molar-refractivity contribution < 1.29 is 9.90 Å². The average molecular weight is 259 g/mol. The monoisotopic (exact) mass is 259 g/mol. The lowest BCUT2D eigenvalue weighted by Crippen LogP contribution is -2.36. The normalized spacial score (nSPS) is 18.5. The zero-order chi connectivity index (χ0) is 13.3. The first-order valence-corrected chi connectivity index (χ1v) is 6.73. The van der Waals surface area contributed by atoms with Crippen molar-refractivity contribution in [3.63, 3.8) is 0 Å².